The summed E-state index contributed by atoms with van der Waals surface area (Å²) in [6.07, 6.45) is 0.968. The Bertz CT molecular complexity index is 569. The van der Waals surface area contributed by atoms with Crippen LogP contribution in [0.5, 0.6) is 0 Å². The van der Waals surface area contributed by atoms with Gasteiger partial charge in [0.25, 0.3) is 15.0 Å². The molecular formula is C13H18ClNO3S. The van der Waals surface area contributed by atoms with E-state index in [0.29, 0.717) is 23.6 Å². The Hall–Kier alpha value is -1.07. The molecule has 0 saturated carbocycles. The Morgan fingerprint density at radius 3 is 2.53 bits per heavy atom. The van der Waals surface area contributed by atoms with Crippen molar-refractivity contribution < 1.29 is 13.2 Å². The average Bonchev–Trinajstić information content (AvgIpc) is 2.33. The lowest BCUT2D eigenvalue weighted by Crippen LogP contribution is -2.28. The van der Waals surface area contributed by atoms with Crippen LogP contribution in [-0.4, -0.2) is 20.9 Å². The van der Waals surface area contributed by atoms with Gasteiger partial charge in [-0.15, -0.1) is 0 Å². The summed E-state index contributed by atoms with van der Waals surface area (Å²) in [5.74, 6) is 0.0931. The minimum absolute atomic E-state index is 0.0529. The topological polar surface area (TPSA) is 63.2 Å². The molecule has 19 heavy (non-hydrogen) atoms. The zero-order valence-electron chi connectivity index (χ0n) is 11.2. The van der Waals surface area contributed by atoms with E-state index in [1.165, 1.54) is 12.1 Å². The zero-order chi connectivity index (χ0) is 14.6. The first-order valence-corrected chi connectivity index (χ1v) is 8.39. The van der Waals surface area contributed by atoms with Gasteiger partial charge in [0.1, 0.15) is 0 Å². The summed E-state index contributed by atoms with van der Waals surface area (Å²) in [6.45, 7) is 6.36. The summed E-state index contributed by atoms with van der Waals surface area (Å²) in [6, 6.07) is 4.37. The maximum atomic E-state index is 11.9. The summed E-state index contributed by atoms with van der Waals surface area (Å²) in [5, 5.41) is 2.78. The summed E-state index contributed by atoms with van der Waals surface area (Å²) < 4.78 is 22.6. The first kappa shape index (κ1) is 16.0. The largest absolute Gasteiger partial charge is 0.352 e. The van der Waals surface area contributed by atoms with Crippen LogP contribution in [0.2, 0.25) is 0 Å². The van der Waals surface area contributed by atoms with Gasteiger partial charge in [-0.05, 0) is 36.6 Å². The van der Waals surface area contributed by atoms with Gasteiger partial charge < -0.3 is 5.32 Å². The van der Waals surface area contributed by atoms with Crippen LogP contribution >= 0.6 is 10.7 Å². The second-order valence-electron chi connectivity index (χ2n) is 4.70. The molecule has 1 amide bonds. The monoisotopic (exact) mass is 303 g/mol. The highest BCUT2D eigenvalue weighted by Gasteiger charge is 2.15. The van der Waals surface area contributed by atoms with Crippen molar-refractivity contribution in [3.05, 3.63) is 29.3 Å². The molecule has 6 heteroatoms. The van der Waals surface area contributed by atoms with Gasteiger partial charge in [-0.1, -0.05) is 20.3 Å². The minimum Gasteiger partial charge on any atom is -0.352 e. The summed E-state index contributed by atoms with van der Waals surface area (Å²) in [7, 11) is 1.47. The third-order valence-corrected chi connectivity index (χ3v) is 4.24. The van der Waals surface area contributed by atoms with E-state index < -0.39 is 9.05 Å². The van der Waals surface area contributed by atoms with Gasteiger partial charge in [-0.2, -0.15) is 0 Å². The van der Waals surface area contributed by atoms with Crippen LogP contribution in [0.4, 0.5) is 0 Å². The van der Waals surface area contributed by atoms with Crippen LogP contribution in [0.15, 0.2) is 23.1 Å². The molecule has 0 fully saturated rings. The third-order valence-electron chi connectivity index (χ3n) is 2.90. The van der Waals surface area contributed by atoms with E-state index in [1.807, 2.05) is 13.8 Å². The summed E-state index contributed by atoms with van der Waals surface area (Å²) in [4.78, 5) is 11.9. The van der Waals surface area contributed by atoms with Crippen molar-refractivity contribution in [2.45, 2.75) is 32.1 Å². The van der Waals surface area contributed by atoms with E-state index in [0.717, 1.165) is 6.42 Å². The van der Waals surface area contributed by atoms with E-state index in [9.17, 15) is 13.2 Å². The second kappa shape index (κ2) is 6.39. The highest BCUT2D eigenvalue weighted by molar-refractivity contribution is 8.13. The van der Waals surface area contributed by atoms with E-state index in [-0.39, 0.29) is 10.8 Å². The second-order valence-corrected chi connectivity index (χ2v) is 7.26. The molecule has 1 unspecified atom stereocenters. The van der Waals surface area contributed by atoms with Crippen LogP contribution < -0.4 is 5.32 Å². The predicted octanol–water partition coefficient (Wildman–Crippen LogP) is 2.70. The third kappa shape index (κ3) is 4.84. The quantitative estimate of drug-likeness (QED) is 0.851. The number of nitrogens with one attached hydrogen (secondary N) is 1. The van der Waals surface area contributed by atoms with Crippen molar-refractivity contribution in [1.29, 1.82) is 0 Å². The molecule has 1 rings (SSSR count). The molecule has 0 aliphatic rings. The Morgan fingerprint density at radius 1 is 1.37 bits per heavy atom. The van der Waals surface area contributed by atoms with Crippen molar-refractivity contribution in [1.82, 2.24) is 5.32 Å². The fourth-order valence-electron chi connectivity index (χ4n) is 1.53. The van der Waals surface area contributed by atoms with Gasteiger partial charge >= 0.3 is 0 Å². The van der Waals surface area contributed by atoms with Crippen molar-refractivity contribution in [2.24, 2.45) is 5.92 Å². The molecule has 1 N–H and O–H groups in total. The normalized spacial score (nSPS) is 13.1. The smallest absolute Gasteiger partial charge is 0.261 e. The maximum absolute atomic E-state index is 11.9. The first-order valence-electron chi connectivity index (χ1n) is 6.08. The molecule has 4 nitrogen and oxygen atoms in total. The lowest BCUT2D eigenvalue weighted by Gasteiger charge is -2.11. The molecule has 0 saturated heterocycles. The highest BCUT2D eigenvalue weighted by Crippen LogP contribution is 2.18. The van der Waals surface area contributed by atoms with Crippen molar-refractivity contribution in [2.75, 3.05) is 6.54 Å². The van der Waals surface area contributed by atoms with Gasteiger partial charge in [0.15, 0.2) is 0 Å². The van der Waals surface area contributed by atoms with Crippen molar-refractivity contribution in [3.8, 4) is 0 Å². The number of rotatable bonds is 5. The number of hydrogen-bond acceptors (Lipinski definition) is 3. The average molecular weight is 304 g/mol. The molecular weight excluding hydrogens is 286 g/mol. The van der Waals surface area contributed by atoms with Gasteiger partial charge in [-0.25, -0.2) is 8.42 Å². The maximum Gasteiger partial charge on any atom is 0.261 e. The standard InChI is InChI=1S/C13H18ClNO3S/c1-4-9(2)8-15-13(16)11-5-10(3)6-12(7-11)19(14,17)18/h5-7,9H,4,8H2,1-3H3,(H,15,16). The first-order chi connectivity index (χ1) is 8.74. The van der Waals surface area contributed by atoms with Gasteiger partial charge in [0.2, 0.25) is 0 Å². The number of halogens is 1. The molecule has 106 valence electrons. The Balaban J connectivity index is 2.95. The van der Waals surface area contributed by atoms with E-state index in [1.54, 1.807) is 13.0 Å². The van der Waals surface area contributed by atoms with Crippen LogP contribution in [0, 0.1) is 12.8 Å². The van der Waals surface area contributed by atoms with E-state index in [4.69, 9.17) is 10.7 Å². The predicted molar refractivity (Wildman–Crippen MR) is 76.0 cm³/mol. The van der Waals surface area contributed by atoms with Crippen molar-refractivity contribution >= 4 is 25.6 Å². The molecule has 0 heterocycles. The molecule has 0 bridgehead atoms. The fourth-order valence-corrected chi connectivity index (χ4v) is 2.39. The van der Waals surface area contributed by atoms with Crippen LogP contribution in [0.3, 0.4) is 0 Å². The molecule has 0 aliphatic carbocycles. The molecule has 1 aromatic rings. The number of carbonyl (C=O) groups excluding carboxylic acids is 1. The van der Waals surface area contributed by atoms with Gasteiger partial charge in [0.05, 0.1) is 4.90 Å². The molecule has 0 radical (unpaired) electrons. The number of hydrogen-bond donors (Lipinski definition) is 1. The Labute approximate surface area is 118 Å². The highest BCUT2D eigenvalue weighted by atomic mass is 35.7. The lowest BCUT2D eigenvalue weighted by molar-refractivity contribution is 0.0947. The SMILES string of the molecule is CCC(C)CNC(=O)c1cc(C)cc(S(=O)(=O)Cl)c1. The molecule has 0 spiro atoms. The fraction of sp³-hybridized carbons (Fsp3) is 0.462. The summed E-state index contributed by atoms with van der Waals surface area (Å²) in [5.41, 5.74) is 0.984. The van der Waals surface area contributed by atoms with Gasteiger partial charge in [-0.3, -0.25) is 4.79 Å². The number of benzene rings is 1. The van der Waals surface area contributed by atoms with Crippen LogP contribution in [0.25, 0.3) is 0 Å². The number of amides is 1. The minimum atomic E-state index is -3.83. The lowest BCUT2D eigenvalue weighted by atomic mass is 10.1. The molecule has 0 aliphatic heterocycles. The zero-order valence-corrected chi connectivity index (χ0v) is 12.8. The molecule has 1 atom stereocenters. The summed E-state index contributed by atoms with van der Waals surface area (Å²) >= 11 is 0. The molecule has 1 aromatic carbocycles. The van der Waals surface area contributed by atoms with E-state index >= 15 is 0 Å². The van der Waals surface area contributed by atoms with Crippen LogP contribution in [-0.2, 0) is 9.05 Å². The Kier molecular flexibility index (Phi) is 5.38. The number of aryl methyl sites for hydroxylation is 1. The number of carbonyl (C=O) groups is 1. The van der Waals surface area contributed by atoms with Crippen molar-refractivity contribution in [3.63, 3.8) is 0 Å². The van der Waals surface area contributed by atoms with E-state index in [2.05, 4.69) is 5.32 Å². The Morgan fingerprint density at radius 2 is 2.00 bits per heavy atom. The molecule has 0 aromatic heterocycles. The van der Waals surface area contributed by atoms with Crippen LogP contribution in [0.1, 0.15) is 36.2 Å². The van der Waals surface area contributed by atoms with Gasteiger partial charge in [0, 0.05) is 22.8 Å².